The summed E-state index contributed by atoms with van der Waals surface area (Å²) in [6, 6.07) is 0. The van der Waals surface area contributed by atoms with E-state index < -0.39 is 0 Å². The molecule has 1 aliphatic heterocycles. The third-order valence-corrected chi connectivity index (χ3v) is 10.1. The molecule has 1 saturated heterocycles. The van der Waals surface area contributed by atoms with E-state index in [0.717, 1.165) is 50.7 Å². The van der Waals surface area contributed by atoms with Crippen LogP contribution in [-0.4, -0.2) is 19.6 Å². The Balaban J connectivity index is 1.29. The van der Waals surface area contributed by atoms with Crippen molar-refractivity contribution in [3.63, 3.8) is 0 Å². The number of rotatable bonds is 11. The second kappa shape index (κ2) is 14.9. The van der Waals surface area contributed by atoms with E-state index >= 15 is 0 Å². The smallest absolute Gasteiger partial charge is 0.0363 e. The van der Waals surface area contributed by atoms with Gasteiger partial charge in [-0.3, -0.25) is 0 Å². The first kappa shape index (κ1) is 29.0. The van der Waals surface area contributed by atoms with E-state index in [4.69, 9.17) is 5.73 Å². The van der Waals surface area contributed by atoms with Gasteiger partial charge in [0.05, 0.1) is 0 Å². The molecule has 2 fully saturated rings. The molecule has 0 spiro atoms. The first-order valence-corrected chi connectivity index (χ1v) is 16.4. The zero-order chi connectivity index (χ0) is 27.6. The fourth-order valence-corrected chi connectivity index (χ4v) is 7.78. The molecular weight excluding hydrogens is 486 g/mol. The summed E-state index contributed by atoms with van der Waals surface area (Å²) in [5.74, 6) is 2.19. The molecule has 0 amide bonds. The number of nitrogens with one attached hydrogen (secondary N) is 2. The van der Waals surface area contributed by atoms with Gasteiger partial charge in [-0.25, -0.2) is 0 Å². The Morgan fingerprint density at radius 2 is 1.95 bits per heavy atom. The molecule has 5 rings (SSSR count). The molecule has 1 saturated carbocycles. The average molecular weight is 540 g/mol. The standard InChI is InChI=1S/C37H53N3/c1-28(15-18-31(32-23-25-39-26-32)27-40-33-11-5-2-6-12-33)34-21-22-35(37-14-8-7-13-36(34)37)30-19-16-29(17-20-30)10-4-3-9-24-38/h2,5,9,11,15-16,18-19,24,32,35,37,39-40H,3-4,6-8,10,12-14,17,20-23,25-27,38H2,1H3/b24-9-,28-15+,31-18+. The molecular formula is C37H53N3. The molecule has 3 nitrogen and oxygen atoms in total. The summed E-state index contributed by atoms with van der Waals surface area (Å²) >= 11 is 0. The fourth-order valence-electron chi connectivity index (χ4n) is 7.78. The lowest BCUT2D eigenvalue weighted by molar-refractivity contribution is 0.308. The van der Waals surface area contributed by atoms with E-state index in [2.05, 4.69) is 66.2 Å². The molecule has 4 aliphatic carbocycles. The summed E-state index contributed by atoms with van der Waals surface area (Å²) in [7, 11) is 0. The van der Waals surface area contributed by atoms with E-state index in [0.29, 0.717) is 5.92 Å². The normalized spacial score (nSPS) is 27.9. The van der Waals surface area contributed by atoms with Crippen molar-refractivity contribution in [1.29, 1.82) is 0 Å². The van der Waals surface area contributed by atoms with Crippen molar-refractivity contribution in [2.75, 3.05) is 19.6 Å². The Morgan fingerprint density at radius 3 is 2.73 bits per heavy atom. The Bertz CT molecular complexity index is 1120. The van der Waals surface area contributed by atoms with Crippen LogP contribution >= 0.6 is 0 Å². The topological polar surface area (TPSA) is 50.1 Å². The van der Waals surface area contributed by atoms with E-state index in [1.165, 1.54) is 81.9 Å². The molecule has 3 atom stereocenters. The summed E-state index contributed by atoms with van der Waals surface area (Å²) in [4.78, 5) is 0. The summed E-state index contributed by atoms with van der Waals surface area (Å²) in [5.41, 5.74) is 16.9. The molecule has 40 heavy (non-hydrogen) atoms. The lowest BCUT2D eigenvalue weighted by atomic mass is 9.64. The number of allylic oxidation sites excluding steroid dienone is 14. The zero-order valence-corrected chi connectivity index (χ0v) is 25.0. The molecule has 0 radical (unpaired) electrons. The highest BCUT2D eigenvalue weighted by molar-refractivity contribution is 5.42. The zero-order valence-electron chi connectivity index (χ0n) is 25.0. The lowest BCUT2D eigenvalue weighted by Crippen LogP contribution is -2.28. The van der Waals surface area contributed by atoms with Gasteiger partial charge in [0, 0.05) is 18.8 Å². The summed E-state index contributed by atoms with van der Waals surface area (Å²) < 4.78 is 0. The minimum absolute atomic E-state index is 0.653. The summed E-state index contributed by atoms with van der Waals surface area (Å²) in [5, 5.41) is 7.35. The number of unbranched alkanes of at least 4 members (excludes halogenated alkanes) is 1. The van der Waals surface area contributed by atoms with Crippen molar-refractivity contribution in [1.82, 2.24) is 10.6 Å². The van der Waals surface area contributed by atoms with Crippen molar-refractivity contribution in [2.45, 2.75) is 96.8 Å². The van der Waals surface area contributed by atoms with E-state index in [9.17, 15) is 0 Å². The van der Waals surface area contributed by atoms with Gasteiger partial charge in [-0.1, -0.05) is 65.7 Å². The molecule has 3 unspecified atom stereocenters. The highest BCUT2D eigenvalue weighted by Gasteiger charge is 2.35. The van der Waals surface area contributed by atoms with Crippen molar-refractivity contribution >= 4 is 0 Å². The number of hydrogen-bond acceptors (Lipinski definition) is 3. The van der Waals surface area contributed by atoms with Crippen LogP contribution in [-0.2, 0) is 0 Å². The minimum Gasteiger partial charge on any atom is -0.405 e. The minimum atomic E-state index is 0.653. The second-order valence-electron chi connectivity index (χ2n) is 12.7. The van der Waals surface area contributed by atoms with Crippen LogP contribution in [0.2, 0.25) is 0 Å². The highest BCUT2D eigenvalue weighted by atomic mass is 14.9. The van der Waals surface area contributed by atoms with Crippen LogP contribution in [0.3, 0.4) is 0 Å². The maximum atomic E-state index is 5.50. The van der Waals surface area contributed by atoms with Crippen molar-refractivity contribution in [3.05, 3.63) is 93.9 Å². The number of hydrogen-bond donors (Lipinski definition) is 3. The van der Waals surface area contributed by atoms with Crippen LogP contribution in [0.1, 0.15) is 96.8 Å². The lowest BCUT2D eigenvalue weighted by Gasteiger charge is -2.41. The molecule has 0 aromatic carbocycles. The van der Waals surface area contributed by atoms with Gasteiger partial charge >= 0.3 is 0 Å². The van der Waals surface area contributed by atoms with Crippen LogP contribution in [0.4, 0.5) is 0 Å². The van der Waals surface area contributed by atoms with Gasteiger partial charge in [0.2, 0.25) is 0 Å². The van der Waals surface area contributed by atoms with Gasteiger partial charge in [-0.15, -0.1) is 0 Å². The Hall–Kier alpha value is -2.52. The Labute approximate surface area is 244 Å². The van der Waals surface area contributed by atoms with Gasteiger partial charge < -0.3 is 16.4 Å². The monoisotopic (exact) mass is 539 g/mol. The van der Waals surface area contributed by atoms with Gasteiger partial charge in [0.15, 0.2) is 0 Å². The summed E-state index contributed by atoms with van der Waals surface area (Å²) in [6.07, 6.45) is 38.1. The number of fused-ring (bicyclic) bond motifs is 1. The van der Waals surface area contributed by atoms with Crippen molar-refractivity contribution in [3.8, 4) is 0 Å². The molecule has 4 N–H and O–H groups in total. The van der Waals surface area contributed by atoms with E-state index in [1.54, 1.807) is 28.5 Å². The average Bonchev–Trinajstić information content (AvgIpc) is 3.55. The predicted octanol–water partition coefficient (Wildman–Crippen LogP) is 8.48. The van der Waals surface area contributed by atoms with Crippen LogP contribution in [0.5, 0.6) is 0 Å². The van der Waals surface area contributed by atoms with Crippen molar-refractivity contribution < 1.29 is 0 Å². The van der Waals surface area contributed by atoms with Gasteiger partial charge in [0.1, 0.15) is 0 Å². The van der Waals surface area contributed by atoms with Gasteiger partial charge in [-0.05, 0) is 144 Å². The van der Waals surface area contributed by atoms with E-state index in [-0.39, 0.29) is 0 Å². The molecule has 0 aromatic heterocycles. The predicted molar refractivity (Wildman–Crippen MR) is 172 cm³/mol. The number of nitrogens with two attached hydrogens (primary N) is 1. The molecule has 1 heterocycles. The third kappa shape index (κ3) is 7.60. The first-order chi connectivity index (χ1) is 19.7. The largest absolute Gasteiger partial charge is 0.405 e. The summed E-state index contributed by atoms with van der Waals surface area (Å²) in [6.45, 7) is 5.63. The highest BCUT2D eigenvalue weighted by Crippen LogP contribution is 2.49. The molecule has 0 aromatic rings. The second-order valence-corrected chi connectivity index (χ2v) is 12.7. The maximum absolute atomic E-state index is 5.50. The molecule has 216 valence electrons. The first-order valence-electron chi connectivity index (χ1n) is 16.4. The van der Waals surface area contributed by atoms with Crippen LogP contribution in [0.25, 0.3) is 0 Å². The third-order valence-electron chi connectivity index (χ3n) is 10.1. The molecule has 0 bridgehead atoms. The van der Waals surface area contributed by atoms with E-state index in [1.807, 2.05) is 5.57 Å². The Kier molecular flexibility index (Phi) is 10.8. The Morgan fingerprint density at radius 1 is 1.00 bits per heavy atom. The van der Waals surface area contributed by atoms with Gasteiger partial charge in [-0.2, -0.15) is 0 Å². The van der Waals surface area contributed by atoms with Crippen LogP contribution in [0.15, 0.2) is 93.9 Å². The van der Waals surface area contributed by atoms with Crippen molar-refractivity contribution in [2.24, 2.45) is 23.5 Å². The van der Waals surface area contributed by atoms with Crippen LogP contribution in [0, 0.1) is 17.8 Å². The maximum Gasteiger partial charge on any atom is 0.0363 e. The van der Waals surface area contributed by atoms with Gasteiger partial charge in [0.25, 0.3) is 0 Å². The fraction of sp³-hybridized carbons (Fsp3) is 0.568. The quantitative estimate of drug-likeness (QED) is 0.182. The van der Waals surface area contributed by atoms with Crippen LogP contribution < -0.4 is 16.4 Å². The molecule has 3 heteroatoms. The SMILES string of the molecule is C/C(=C\C=C(/CNC1=CC=CCC1)C1CCNC1)C1=C2CCCCC2C(C2=CC=C(CCC/C=C\N)CC2)CC1. The molecule has 5 aliphatic rings.